The molecular weight excluding hydrogens is 501 g/mol. The molecule has 1 aliphatic rings. The topological polar surface area (TPSA) is 35.0 Å². The number of benzene rings is 3. The molecular formula is C31H23F3N2OSi. The van der Waals surface area contributed by atoms with Gasteiger partial charge in [-0.2, -0.15) is 13.2 Å². The quantitative estimate of drug-likeness (QED) is 0.257. The Bertz CT molecular complexity index is 1680. The van der Waals surface area contributed by atoms with E-state index in [0.29, 0.717) is 0 Å². The Kier molecular flexibility index (Phi) is 5.68. The van der Waals surface area contributed by atoms with Gasteiger partial charge in [0.1, 0.15) is 11.3 Å². The van der Waals surface area contributed by atoms with E-state index in [1.54, 1.807) is 18.2 Å². The van der Waals surface area contributed by atoms with Crippen molar-refractivity contribution in [2.75, 3.05) is 0 Å². The molecule has 0 radical (unpaired) electrons. The SMILES string of the molecule is Cc1ccnc([Si]2(C)c3ccccc3-c3ccc(-c4cccc(Oc5ncccc5C(F)(F)F)c4)cc32)c1. The maximum atomic E-state index is 13.5. The molecule has 5 aromatic rings. The molecule has 1 atom stereocenters. The number of aromatic nitrogens is 2. The van der Waals surface area contributed by atoms with Gasteiger partial charge in [-0.1, -0.05) is 61.1 Å². The number of ether oxygens (including phenoxy) is 1. The van der Waals surface area contributed by atoms with Crippen LogP contribution >= 0.6 is 0 Å². The first-order chi connectivity index (χ1) is 18.2. The highest BCUT2D eigenvalue weighted by atomic mass is 28.3. The van der Waals surface area contributed by atoms with Crippen LogP contribution in [0.5, 0.6) is 11.6 Å². The first-order valence-electron chi connectivity index (χ1n) is 12.2. The van der Waals surface area contributed by atoms with E-state index < -0.39 is 25.7 Å². The zero-order valence-corrected chi connectivity index (χ0v) is 21.8. The minimum atomic E-state index is -4.56. The predicted molar refractivity (Wildman–Crippen MR) is 146 cm³/mol. The van der Waals surface area contributed by atoms with Crippen molar-refractivity contribution in [1.29, 1.82) is 0 Å². The Labute approximate surface area is 219 Å². The van der Waals surface area contributed by atoms with Gasteiger partial charge in [0.25, 0.3) is 0 Å². The second kappa shape index (κ2) is 8.95. The van der Waals surface area contributed by atoms with Gasteiger partial charge in [-0.3, -0.25) is 4.98 Å². The van der Waals surface area contributed by atoms with Gasteiger partial charge in [0, 0.05) is 17.7 Å². The van der Waals surface area contributed by atoms with Crippen molar-refractivity contribution in [1.82, 2.24) is 9.97 Å². The zero-order valence-electron chi connectivity index (χ0n) is 20.8. The molecule has 6 rings (SSSR count). The Balaban J connectivity index is 1.44. The standard InChI is InChI=1S/C31H23F3N2OSi/c1-20-14-16-35-29(17-20)38(2)27-11-4-3-9-24(27)25-13-12-22(19-28(25)38)21-7-5-8-23(18-21)37-30-26(31(32,33)34)10-6-15-36-30/h3-19H,1-2H3. The maximum Gasteiger partial charge on any atom is 0.421 e. The van der Waals surface area contributed by atoms with Gasteiger partial charge in [-0.15, -0.1) is 0 Å². The monoisotopic (exact) mass is 524 g/mol. The summed E-state index contributed by atoms with van der Waals surface area (Å²) in [6, 6.07) is 28.5. The molecule has 38 heavy (non-hydrogen) atoms. The summed E-state index contributed by atoms with van der Waals surface area (Å²) in [6.45, 7) is 4.42. The minimum absolute atomic E-state index is 0.288. The number of nitrogens with zero attached hydrogens (tertiary/aromatic N) is 2. The van der Waals surface area contributed by atoms with Crippen LogP contribution in [0.1, 0.15) is 11.1 Å². The van der Waals surface area contributed by atoms with Crippen molar-refractivity contribution >= 4 is 23.8 Å². The molecule has 188 valence electrons. The third kappa shape index (κ3) is 3.99. The molecule has 0 saturated carbocycles. The fourth-order valence-electron chi connectivity index (χ4n) is 5.30. The molecule has 0 amide bonds. The van der Waals surface area contributed by atoms with Gasteiger partial charge in [0.15, 0.2) is 8.07 Å². The fourth-order valence-corrected chi connectivity index (χ4v) is 9.37. The fraction of sp³-hybridized carbons (Fsp3) is 0.0968. The summed E-state index contributed by atoms with van der Waals surface area (Å²) in [5.41, 5.74) is 4.51. The van der Waals surface area contributed by atoms with E-state index in [2.05, 4.69) is 67.0 Å². The average Bonchev–Trinajstić information content (AvgIpc) is 3.17. The van der Waals surface area contributed by atoms with Gasteiger partial charge < -0.3 is 4.74 Å². The Morgan fingerprint density at radius 3 is 2.32 bits per heavy atom. The molecule has 1 aliphatic heterocycles. The molecule has 3 nitrogen and oxygen atoms in total. The van der Waals surface area contributed by atoms with Crippen LogP contribution in [0.3, 0.4) is 0 Å². The lowest BCUT2D eigenvalue weighted by Crippen LogP contribution is -2.63. The molecule has 3 aromatic carbocycles. The Morgan fingerprint density at radius 1 is 0.711 bits per heavy atom. The number of hydrogen-bond acceptors (Lipinski definition) is 3. The first-order valence-corrected chi connectivity index (χ1v) is 14.7. The van der Waals surface area contributed by atoms with Crippen LogP contribution in [0.2, 0.25) is 6.55 Å². The first kappa shape index (κ1) is 24.1. The lowest BCUT2D eigenvalue weighted by atomic mass is 10.0. The molecule has 0 bridgehead atoms. The summed E-state index contributed by atoms with van der Waals surface area (Å²) in [6.07, 6.45) is -1.40. The summed E-state index contributed by atoms with van der Waals surface area (Å²) in [5, 5.41) is 3.70. The largest absolute Gasteiger partial charge is 0.438 e. The van der Waals surface area contributed by atoms with Crippen LogP contribution in [0, 0.1) is 6.92 Å². The third-order valence-corrected chi connectivity index (χ3v) is 11.5. The number of halogens is 3. The highest BCUT2D eigenvalue weighted by Crippen LogP contribution is 2.37. The van der Waals surface area contributed by atoms with Crippen LogP contribution in [0.4, 0.5) is 13.2 Å². The van der Waals surface area contributed by atoms with Gasteiger partial charge in [0.05, 0.1) is 0 Å². The predicted octanol–water partition coefficient (Wildman–Crippen LogP) is 6.34. The van der Waals surface area contributed by atoms with E-state index >= 15 is 0 Å². The van der Waals surface area contributed by atoms with Gasteiger partial charge in [-0.25, -0.2) is 4.98 Å². The number of alkyl halides is 3. The molecule has 0 aliphatic carbocycles. The molecule has 0 saturated heterocycles. The van der Waals surface area contributed by atoms with Crippen molar-refractivity contribution in [3.63, 3.8) is 0 Å². The van der Waals surface area contributed by atoms with Crippen LogP contribution < -0.4 is 20.4 Å². The second-order valence-electron chi connectivity index (χ2n) is 9.63. The van der Waals surface area contributed by atoms with E-state index in [1.165, 1.54) is 39.3 Å². The van der Waals surface area contributed by atoms with Crippen molar-refractivity contribution in [3.8, 4) is 33.9 Å². The molecule has 0 N–H and O–H groups in total. The lowest BCUT2D eigenvalue weighted by Gasteiger charge is -2.25. The Hall–Kier alpha value is -4.23. The highest BCUT2D eigenvalue weighted by molar-refractivity contribution is 7.13. The number of pyridine rings is 2. The van der Waals surface area contributed by atoms with Crippen molar-refractivity contribution < 1.29 is 17.9 Å². The average molecular weight is 525 g/mol. The van der Waals surface area contributed by atoms with Gasteiger partial charge >= 0.3 is 6.18 Å². The summed E-state index contributed by atoms with van der Waals surface area (Å²) in [7, 11) is -2.38. The normalized spacial score (nSPS) is 16.1. The van der Waals surface area contributed by atoms with Crippen LogP contribution in [0.15, 0.2) is 103 Å². The zero-order chi connectivity index (χ0) is 26.5. The minimum Gasteiger partial charge on any atom is -0.438 e. The molecule has 0 spiro atoms. The van der Waals surface area contributed by atoms with Crippen molar-refractivity contribution in [3.05, 3.63) is 115 Å². The highest BCUT2D eigenvalue weighted by Gasteiger charge is 2.44. The van der Waals surface area contributed by atoms with E-state index in [-0.39, 0.29) is 5.75 Å². The van der Waals surface area contributed by atoms with Crippen LogP contribution in [-0.2, 0) is 6.18 Å². The maximum absolute atomic E-state index is 13.5. The van der Waals surface area contributed by atoms with E-state index in [9.17, 15) is 13.2 Å². The third-order valence-electron chi connectivity index (χ3n) is 7.20. The van der Waals surface area contributed by atoms with Crippen LogP contribution in [-0.4, -0.2) is 18.0 Å². The molecule has 0 fully saturated rings. The summed E-state index contributed by atoms with van der Waals surface area (Å²) < 4.78 is 46.0. The number of rotatable bonds is 4. The van der Waals surface area contributed by atoms with Gasteiger partial charge in [0.2, 0.25) is 5.88 Å². The van der Waals surface area contributed by atoms with E-state index in [1.807, 2.05) is 18.3 Å². The number of fused-ring (bicyclic) bond motifs is 3. The second-order valence-corrected chi connectivity index (χ2v) is 13.5. The van der Waals surface area contributed by atoms with Crippen molar-refractivity contribution in [2.45, 2.75) is 19.6 Å². The number of aryl methyl sites for hydroxylation is 1. The lowest BCUT2D eigenvalue weighted by molar-refractivity contribution is -0.138. The molecule has 3 heterocycles. The number of hydrogen-bond donors (Lipinski definition) is 0. The summed E-state index contributed by atoms with van der Waals surface area (Å²) in [4.78, 5) is 8.65. The summed E-state index contributed by atoms with van der Waals surface area (Å²) >= 11 is 0. The van der Waals surface area contributed by atoms with E-state index in [4.69, 9.17) is 9.72 Å². The van der Waals surface area contributed by atoms with Gasteiger partial charge in [-0.05, 0) is 81.5 Å². The smallest absolute Gasteiger partial charge is 0.421 e. The Morgan fingerprint density at radius 2 is 1.50 bits per heavy atom. The summed E-state index contributed by atoms with van der Waals surface area (Å²) in [5.74, 6) is -0.178. The van der Waals surface area contributed by atoms with Crippen molar-refractivity contribution in [2.24, 2.45) is 0 Å². The molecule has 2 aromatic heterocycles. The molecule has 1 unspecified atom stereocenters. The van der Waals surface area contributed by atoms with Crippen LogP contribution in [0.25, 0.3) is 22.3 Å². The van der Waals surface area contributed by atoms with E-state index in [0.717, 1.165) is 22.5 Å². The molecule has 7 heteroatoms.